The SMILES string of the molecule is O=C1c2ccccc2[C@@](O)(c2ccccc2)N1CCOc1ccc(C2CCCCC2)cc1. The molecule has 0 aromatic heterocycles. The zero-order valence-electron chi connectivity index (χ0n) is 18.2. The maximum absolute atomic E-state index is 13.2. The highest BCUT2D eigenvalue weighted by Gasteiger charge is 2.49. The number of benzene rings is 3. The quantitative estimate of drug-likeness (QED) is 0.568. The summed E-state index contributed by atoms with van der Waals surface area (Å²) in [5, 5.41) is 11.8. The van der Waals surface area contributed by atoms with Crippen LogP contribution in [0.3, 0.4) is 0 Å². The van der Waals surface area contributed by atoms with Crippen molar-refractivity contribution in [1.29, 1.82) is 0 Å². The molecular weight excluding hydrogens is 398 g/mol. The number of carbonyl (C=O) groups is 1. The van der Waals surface area contributed by atoms with Crippen LogP contribution in [0, 0.1) is 0 Å². The summed E-state index contributed by atoms with van der Waals surface area (Å²) >= 11 is 0. The minimum absolute atomic E-state index is 0.178. The number of fused-ring (bicyclic) bond motifs is 1. The third-order valence-electron chi connectivity index (χ3n) is 6.89. The van der Waals surface area contributed by atoms with Gasteiger partial charge in [0.1, 0.15) is 12.4 Å². The van der Waals surface area contributed by atoms with E-state index in [-0.39, 0.29) is 12.5 Å². The molecule has 1 aliphatic heterocycles. The van der Waals surface area contributed by atoms with Crippen LogP contribution in [0.2, 0.25) is 0 Å². The first-order chi connectivity index (χ1) is 15.7. The molecule has 164 valence electrons. The molecule has 1 amide bonds. The van der Waals surface area contributed by atoms with Crippen molar-refractivity contribution in [3.8, 4) is 5.75 Å². The van der Waals surface area contributed by atoms with Crippen LogP contribution in [0.15, 0.2) is 78.9 Å². The first kappa shape index (κ1) is 20.8. The largest absolute Gasteiger partial charge is 0.492 e. The smallest absolute Gasteiger partial charge is 0.257 e. The topological polar surface area (TPSA) is 49.8 Å². The van der Waals surface area contributed by atoms with E-state index in [1.54, 1.807) is 6.07 Å². The Morgan fingerprint density at radius 2 is 1.56 bits per heavy atom. The van der Waals surface area contributed by atoms with Crippen molar-refractivity contribution in [2.45, 2.75) is 43.7 Å². The molecule has 3 aromatic rings. The number of aliphatic hydroxyl groups is 1. The monoisotopic (exact) mass is 427 g/mol. The molecular formula is C28H29NO3. The maximum atomic E-state index is 13.2. The molecule has 32 heavy (non-hydrogen) atoms. The Labute approximate surface area is 189 Å². The van der Waals surface area contributed by atoms with E-state index >= 15 is 0 Å². The van der Waals surface area contributed by atoms with Gasteiger partial charge >= 0.3 is 0 Å². The molecule has 2 aliphatic rings. The van der Waals surface area contributed by atoms with E-state index in [0.29, 0.717) is 29.2 Å². The number of nitrogens with zero attached hydrogens (tertiary/aromatic N) is 1. The summed E-state index contributed by atoms with van der Waals surface area (Å²) in [5.41, 5.74) is 1.72. The van der Waals surface area contributed by atoms with Crippen LogP contribution in [0.4, 0.5) is 0 Å². The summed E-state index contributed by atoms with van der Waals surface area (Å²) in [4.78, 5) is 14.7. The summed E-state index contributed by atoms with van der Waals surface area (Å²) in [6.07, 6.45) is 6.54. The lowest BCUT2D eigenvalue weighted by Crippen LogP contribution is -2.46. The number of ether oxygens (including phenoxy) is 1. The lowest BCUT2D eigenvalue weighted by Gasteiger charge is -2.34. The molecule has 5 rings (SSSR count). The minimum atomic E-state index is -1.50. The molecule has 4 heteroatoms. The summed E-state index contributed by atoms with van der Waals surface area (Å²) in [7, 11) is 0. The van der Waals surface area contributed by atoms with Crippen molar-refractivity contribution in [3.63, 3.8) is 0 Å². The van der Waals surface area contributed by atoms with E-state index in [9.17, 15) is 9.90 Å². The Hall–Kier alpha value is -3.11. The van der Waals surface area contributed by atoms with Gasteiger partial charge in [0.25, 0.3) is 5.91 Å². The van der Waals surface area contributed by atoms with Gasteiger partial charge in [-0.3, -0.25) is 9.69 Å². The van der Waals surface area contributed by atoms with Crippen LogP contribution in [-0.2, 0) is 5.72 Å². The average molecular weight is 428 g/mol. The molecule has 3 aromatic carbocycles. The number of carbonyl (C=O) groups excluding carboxylic acids is 1. The van der Waals surface area contributed by atoms with Gasteiger partial charge in [-0.25, -0.2) is 0 Å². The highest BCUT2D eigenvalue weighted by Crippen LogP contribution is 2.42. The number of hydrogen-bond donors (Lipinski definition) is 1. The van der Waals surface area contributed by atoms with Gasteiger partial charge in [0.05, 0.1) is 6.54 Å². The van der Waals surface area contributed by atoms with Gasteiger partial charge < -0.3 is 9.84 Å². The van der Waals surface area contributed by atoms with Crippen LogP contribution < -0.4 is 4.74 Å². The van der Waals surface area contributed by atoms with E-state index in [2.05, 4.69) is 12.1 Å². The van der Waals surface area contributed by atoms with E-state index < -0.39 is 5.72 Å². The summed E-state index contributed by atoms with van der Waals surface area (Å²) in [6.45, 7) is 0.584. The van der Waals surface area contributed by atoms with Crippen molar-refractivity contribution < 1.29 is 14.6 Å². The second-order valence-electron chi connectivity index (χ2n) is 8.79. The van der Waals surface area contributed by atoms with Crippen molar-refractivity contribution in [1.82, 2.24) is 4.90 Å². The van der Waals surface area contributed by atoms with Crippen molar-refractivity contribution in [2.24, 2.45) is 0 Å². The van der Waals surface area contributed by atoms with Gasteiger partial charge in [-0.05, 0) is 42.5 Å². The third kappa shape index (κ3) is 3.69. The highest BCUT2D eigenvalue weighted by atomic mass is 16.5. The van der Waals surface area contributed by atoms with Crippen LogP contribution >= 0.6 is 0 Å². The average Bonchev–Trinajstić information content (AvgIpc) is 3.08. The molecule has 1 N–H and O–H groups in total. The lowest BCUT2D eigenvalue weighted by molar-refractivity contribution is -0.0538. The summed E-state index contributed by atoms with van der Waals surface area (Å²) in [6, 6.07) is 25.0. The Morgan fingerprint density at radius 1 is 0.875 bits per heavy atom. The van der Waals surface area contributed by atoms with Crippen LogP contribution in [0.1, 0.15) is 65.1 Å². The van der Waals surface area contributed by atoms with E-state index in [1.807, 2.05) is 60.7 Å². The molecule has 0 saturated heterocycles. The molecule has 0 radical (unpaired) electrons. The fourth-order valence-electron chi connectivity index (χ4n) is 5.18. The Kier molecular flexibility index (Phi) is 5.71. The molecule has 1 aliphatic carbocycles. The van der Waals surface area contributed by atoms with E-state index in [0.717, 1.165) is 5.75 Å². The second-order valence-corrected chi connectivity index (χ2v) is 8.79. The Morgan fingerprint density at radius 3 is 2.31 bits per heavy atom. The van der Waals surface area contributed by atoms with E-state index in [1.165, 1.54) is 42.6 Å². The zero-order valence-corrected chi connectivity index (χ0v) is 18.2. The highest BCUT2D eigenvalue weighted by molar-refractivity contribution is 6.00. The predicted octanol–water partition coefficient (Wildman–Crippen LogP) is 5.46. The fraction of sp³-hybridized carbons (Fsp3) is 0.321. The van der Waals surface area contributed by atoms with Gasteiger partial charge in [0.15, 0.2) is 5.72 Å². The molecule has 4 nitrogen and oxygen atoms in total. The summed E-state index contributed by atoms with van der Waals surface area (Å²) in [5.74, 6) is 1.28. The van der Waals surface area contributed by atoms with Crippen LogP contribution in [0.25, 0.3) is 0 Å². The van der Waals surface area contributed by atoms with Crippen LogP contribution in [0.5, 0.6) is 5.75 Å². The second kappa shape index (κ2) is 8.79. The minimum Gasteiger partial charge on any atom is -0.492 e. The number of amides is 1. The third-order valence-corrected chi connectivity index (χ3v) is 6.89. The first-order valence-corrected chi connectivity index (χ1v) is 11.6. The maximum Gasteiger partial charge on any atom is 0.257 e. The predicted molar refractivity (Wildman–Crippen MR) is 125 cm³/mol. The Balaban J connectivity index is 1.31. The fourth-order valence-corrected chi connectivity index (χ4v) is 5.18. The van der Waals surface area contributed by atoms with Crippen molar-refractivity contribution in [3.05, 3.63) is 101 Å². The first-order valence-electron chi connectivity index (χ1n) is 11.6. The van der Waals surface area contributed by atoms with Gasteiger partial charge in [0, 0.05) is 16.7 Å². The molecule has 0 bridgehead atoms. The lowest BCUT2D eigenvalue weighted by atomic mass is 9.84. The zero-order chi connectivity index (χ0) is 22.0. The Bertz CT molecular complexity index is 1070. The van der Waals surface area contributed by atoms with E-state index in [4.69, 9.17) is 4.74 Å². The van der Waals surface area contributed by atoms with Gasteiger partial charge in [-0.1, -0.05) is 79.9 Å². The van der Waals surface area contributed by atoms with Crippen molar-refractivity contribution in [2.75, 3.05) is 13.2 Å². The molecule has 1 heterocycles. The molecule has 0 spiro atoms. The number of rotatable bonds is 6. The van der Waals surface area contributed by atoms with Gasteiger partial charge in [0.2, 0.25) is 0 Å². The molecule has 1 saturated carbocycles. The summed E-state index contributed by atoms with van der Waals surface area (Å²) < 4.78 is 5.98. The number of hydrogen-bond acceptors (Lipinski definition) is 3. The molecule has 1 atom stereocenters. The van der Waals surface area contributed by atoms with Crippen molar-refractivity contribution >= 4 is 5.91 Å². The normalized spacial score (nSPS) is 20.9. The molecule has 1 fully saturated rings. The van der Waals surface area contributed by atoms with Gasteiger partial charge in [-0.2, -0.15) is 0 Å². The van der Waals surface area contributed by atoms with Crippen LogP contribution in [-0.4, -0.2) is 29.1 Å². The van der Waals surface area contributed by atoms with Gasteiger partial charge in [-0.15, -0.1) is 0 Å². The molecule has 0 unspecified atom stereocenters. The standard InChI is InChI=1S/C28H29NO3/c30-27-25-13-7-8-14-26(25)28(31,23-11-5-2-6-12-23)29(27)19-20-32-24-17-15-22(16-18-24)21-9-3-1-4-10-21/h2,5-8,11-18,21,31H,1,3-4,9-10,19-20H2/t28-/m0/s1.